The summed E-state index contributed by atoms with van der Waals surface area (Å²) in [5.74, 6) is -3.71. The van der Waals surface area contributed by atoms with Crippen LogP contribution in [0.4, 0.5) is 8.78 Å². The predicted octanol–water partition coefficient (Wildman–Crippen LogP) is -0.200. The number of carbonyl (C=O) groups excluding carboxylic acids is 1. The Labute approximate surface area is 84.7 Å². The quantitative estimate of drug-likeness (QED) is 0.730. The Morgan fingerprint density at radius 3 is 2.80 bits per heavy atom. The van der Waals surface area contributed by atoms with Crippen LogP contribution in [-0.4, -0.2) is 35.1 Å². The van der Waals surface area contributed by atoms with Gasteiger partial charge in [0.05, 0.1) is 31.0 Å². The molecule has 1 amide bonds. The van der Waals surface area contributed by atoms with E-state index in [0.717, 1.165) is 0 Å². The molecule has 0 saturated heterocycles. The van der Waals surface area contributed by atoms with Gasteiger partial charge in [-0.2, -0.15) is 10.2 Å². The summed E-state index contributed by atoms with van der Waals surface area (Å²) in [6.45, 7) is -1.59. The first-order chi connectivity index (χ1) is 7.05. The molecular weight excluding hydrogens is 206 g/mol. The van der Waals surface area contributed by atoms with Gasteiger partial charge in [-0.15, -0.1) is 0 Å². The highest BCUT2D eigenvalue weighted by Gasteiger charge is 2.27. The average molecular weight is 216 g/mol. The van der Waals surface area contributed by atoms with Crippen LogP contribution in [-0.2, 0) is 0 Å². The van der Waals surface area contributed by atoms with Crippen LogP contribution in [0.25, 0.3) is 0 Å². The van der Waals surface area contributed by atoms with Crippen molar-refractivity contribution in [3.8, 4) is 0 Å². The summed E-state index contributed by atoms with van der Waals surface area (Å²) in [4.78, 5) is 11.3. The van der Waals surface area contributed by atoms with Gasteiger partial charge in [0.2, 0.25) is 0 Å². The van der Waals surface area contributed by atoms with Crippen molar-refractivity contribution in [2.45, 2.75) is 5.92 Å². The van der Waals surface area contributed by atoms with Crippen LogP contribution in [0.3, 0.4) is 0 Å². The van der Waals surface area contributed by atoms with Crippen molar-refractivity contribution in [1.82, 2.24) is 15.5 Å². The Hall–Kier alpha value is -1.63. The monoisotopic (exact) mass is 216 g/mol. The average Bonchev–Trinajstić information content (AvgIpc) is 2.27. The molecule has 0 atom stereocenters. The normalized spacial score (nSPS) is 11.1. The van der Waals surface area contributed by atoms with Crippen LogP contribution >= 0.6 is 0 Å². The lowest BCUT2D eigenvalue weighted by molar-refractivity contribution is 0.0118. The van der Waals surface area contributed by atoms with Crippen molar-refractivity contribution in [2.24, 2.45) is 5.73 Å². The molecule has 0 fully saturated rings. The molecule has 0 aliphatic carbocycles. The van der Waals surface area contributed by atoms with Gasteiger partial charge < -0.3 is 11.1 Å². The minimum atomic E-state index is -3.09. The largest absolute Gasteiger partial charge is 0.346 e. The van der Waals surface area contributed by atoms with Gasteiger partial charge in [0, 0.05) is 0 Å². The number of nitrogens with zero attached hydrogens (tertiary/aromatic N) is 2. The van der Waals surface area contributed by atoms with Crippen molar-refractivity contribution in [1.29, 1.82) is 0 Å². The number of nitrogens with two attached hydrogens (primary N) is 1. The fourth-order valence-corrected chi connectivity index (χ4v) is 0.809. The van der Waals surface area contributed by atoms with Gasteiger partial charge in [0.1, 0.15) is 0 Å². The van der Waals surface area contributed by atoms with Gasteiger partial charge in [-0.1, -0.05) is 0 Å². The molecule has 0 aliphatic rings. The third kappa shape index (κ3) is 3.55. The topological polar surface area (TPSA) is 80.9 Å². The molecule has 0 bridgehead atoms. The van der Waals surface area contributed by atoms with E-state index in [1.54, 1.807) is 0 Å². The van der Waals surface area contributed by atoms with Crippen molar-refractivity contribution in [3.63, 3.8) is 0 Å². The van der Waals surface area contributed by atoms with E-state index in [0.29, 0.717) is 0 Å². The van der Waals surface area contributed by atoms with E-state index in [4.69, 9.17) is 5.73 Å². The summed E-state index contributed by atoms with van der Waals surface area (Å²) < 4.78 is 25.3. The van der Waals surface area contributed by atoms with Gasteiger partial charge in [0.25, 0.3) is 11.8 Å². The molecule has 0 radical (unpaired) electrons. The minimum Gasteiger partial charge on any atom is -0.346 e. The number of carbonyl (C=O) groups is 1. The Morgan fingerprint density at radius 2 is 2.27 bits per heavy atom. The van der Waals surface area contributed by atoms with Crippen molar-refractivity contribution < 1.29 is 13.6 Å². The van der Waals surface area contributed by atoms with E-state index < -0.39 is 24.9 Å². The zero-order chi connectivity index (χ0) is 11.3. The smallest absolute Gasteiger partial charge is 0.277 e. The molecular formula is C8H10F2N4O. The summed E-state index contributed by atoms with van der Waals surface area (Å²) in [6, 6.07) is 1.38. The zero-order valence-corrected chi connectivity index (χ0v) is 7.78. The van der Waals surface area contributed by atoms with Gasteiger partial charge in [-0.05, 0) is 6.07 Å². The SMILES string of the molecule is NCC(F)(F)CNC(=O)c1ccnnc1. The van der Waals surface area contributed by atoms with Crippen molar-refractivity contribution in [2.75, 3.05) is 13.1 Å². The van der Waals surface area contributed by atoms with E-state index >= 15 is 0 Å². The van der Waals surface area contributed by atoms with Crippen molar-refractivity contribution in [3.05, 3.63) is 24.0 Å². The highest BCUT2D eigenvalue weighted by atomic mass is 19.3. The second-order valence-electron chi connectivity index (χ2n) is 2.87. The van der Waals surface area contributed by atoms with E-state index in [1.807, 2.05) is 0 Å². The number of halogens is 2. The molecule has 1 rings (SSSR count). The van der Waals surface area contributed by atoms with Crippen LogP contribution in [0.15, 0.2) is 18.5 Å². The van der Waals surface area contributed by atoms with Crippen molar-refractivity contribution >= 4 is 5.91 Å². The number of aromatic nitrogens is 2. The van der Waals surface area contributed by atoms with Crippen LogP contribution in [0.1, 0.15) is 10.4 Å². The van der Waals surface area contributed by atoms with Gasteiger partial charge in [-0.25, -0.2) is 8.78 Å². The molecule has 0 aromatic carbocycles. The number of rotatable bonds is 4. The van der Waals surface area contributed by atoms with Crippen LogP contribution in [0, 0.1) is 0 Å². The van der Waals surface area contributed by atoms with E-state index in [9.17, 15) is 13.6 Å². The first kappa shape index (κ1) is 11.4. The fraction of sp³-hybridized carbons (Fsp3) is 0.375. The molecule has 7 heteroatoms. The maximum atomic E-state index is 12.7. The number of hydrogen-bond donors (Lipinski definition) is 2. The van der Waals surface area contributed by atoms with Gasteiger partial charge in [0.15, 0.2) is 0 Å². The summed E-state index contributed by atoms with van der Waals surface area (Å²) in [6.07, 6.45) is 2.49. The maximum absolute atomic E-state index is 12.7. The van der Waals surface area contributed by atoms with E-state index in [2.05, 4.69) is 15.5 Å². The maximum Gasteiger partial charge on any atom is 0.277 e. The molecule has 1 heterocycles. The summed E-state index contributed by atoms with van der Waals surface area (Å²) in [5.41, 5.74) is 4.99. The lowest BCUT2D eigenvalue weighted by Crippen LogP contribution is -2.41. The van der Waals surface area contributed by atoms with Gasteiger partial charge >= 0.3 is 0 Å². The third-order valence-electron chi connectivity index (χ3n) is 1.65. The summed E-state index contributed by atoms with van der Waals surface area (Å²) in [5, 5.41) is 8.96. The molecule has 1 aromatic rings. The molecule has 15 heavy (non-hydrogen) atoms. The number of amides is 1. The molecule has 82 valence electrons. The Bertz CT molecular complexity index is 331. The number of alkyl halides is 2. The van der Waals surface area contributed by atoms with Gasteiger partial charge in [-0.3, -0.25) is 4.79 Å². The Balaban J connectivity index is 2.51. The summed E-state index contributed by atoms with van der Waals surface area (Å²) >= 11 is 0. The standard InChI is InChI=1S/C8H10F2N4O/c9-8(10,4-11)5-12-7(15)6-1-2-13-14-3-6/h1-3H,4-5,11H2,(H,12,15). The first-order valence-corrected chi connectivity index (χ1v) is 4.18. The molecule has 0 spiro atoms. The van der Waals surface area contributed by atoms with E-state index in [-0.39, 0.29) is 5.56 Å². The molecule has 1 aromatic heterocycles. The highest BCUT2D eigenvalue weighted by Crippen LogP contribution is 2.08. The second kappa shape index (κ2) is 4.74. The zero-order valence-electron chi connectivity index (χ0n) is 7.78. The van der Waals surface area contributed by atoms with Crippen LogP contribution in [0.2, 0.25) is 0 Å². The number of nitrogens with one attached hydrogen (secondary N) is 1. The van der Waals surface area contributed by atoms with Crippen LogP contribution in [0.5, 0.6) is 0 Å². The predicted molar refractivity (Wildman–Crippen MR) is 48.4 cm³/mol. The minimum absolute atomic E-state index is 0.179. The number of hydrogen-bond acceptors (Lipinski definition) is 4. The summed E-state index contributed by atoms with van der Waals surface area (Å²) in [7, 11) is 0. The second-order valence-corrected chi connectivity index (χ2v) is 2.87. The Kier molecular flexibility index (Phi) is 3.62. The molecule has 3 N–H and O–H groups in total. The molecule has 0 aliphatic heterocycles. The first-order valence-electron chi connectivity index (χ1n) is 4.18. The molecule has 0 unspecified atom stereocenters. The lowest BCUT2D eigenvalue weighted by atomic mass is 10.2. The Morgan fingerprint density at radius 1 is 1.53 bits per heavy atom. The third-order valence-corrected chi connectivity index (χ3v) is 1.65. The fourth-order valence-electron chi connectivity index (χ4n) is 0.809. The van der Waals surface area contributed by atoms with E-state index in [1.165, 1.54) is 18.5 Å². The molecule has 0 saturated carbocycles. The lowest BCUT2D eigenvalue weighted by Gasteiger charge is -2.14. The highest BCUT2D eigenvalue weighted by molar-refractivity contribution is 5.93. The van der Waals surface area contributed by atoms with Crippen LogP contribution < -0.4 is 11.1 Å². The molecule has 5 nitrogen and oxygen atoms in total.